The van der Waals surface area contributed by atoms with Crippen LogP contribution in [0.15, 0.2) is 47.6 Å². The second-order valence-electron chi connectivity index (χ2n) is 6.90. The maximum atomic E-state index is 12.7. The number of carbonyl (C=O) groups excluding carboxylic acids is 1. The molecule has 2 heterocycles. The van der Waals surface area contributed by atoms with Crippen molar-refractivity contribution in [3.8, 4) is 11.5 Å². The Bertz CT molecular complexity index is 955. The Balaban J connectivity index is 1.26. The Morgan fingerprint density at radius 1 is 1.17 bits per heavy atom. The van der Waals surface area contributed by atoms with Crippen LogP contribution in [0.4, 0.5) is 0 Å². The van der Waals surface area contributed by atoms with Crippen molar-refractivity contribution < 1.29 is 14.3 Å². The van der Waals surface area contributed by atoms with Crippen LogP contribution in [-0.4, -0.2) is 46.3 Å². The Labute approximate surface area is 174 Å². The third-order valence-corrected chi connectivity index (χ3v) is 5.82. The molecule has 2 aromatic carbocycles. The van der Waals surface area contributed by atoms with Crippen LogP contribution in [-0.2, 0) is 11.3 Å². The van der Waals surface area contributed by atoms with Crippen LogP contribution in [0.3, 0.4) is 0 Å². The van der Waals surface area contributed by atoms with Gasteiger partial charge in [0.25, 0.3) is 0 Å². The Kier molecular flexibility index (Phi) is 6.24. The number of benzene rings is 2. The van der Waals surface area contributed by atoms with E-state index in [1.54, 1.807) is 11.8 Å². The summed E-state index contributed by atoms with van der Waals surface area (Å²) in [7, 11) is 0. The van der Waals surface area contributed by atoms with Crippen LogP contribution in [0.2, 0.25) is 0 Å². The average Bonchev–Trinajstić information content (AvgIpc) is 3.17. The highest BCUT2D eigenvalue weighted by molar-refractivity contribution is 7.99. The Morgan fingerprint density at radius 3 is 2.83 bits per heavy atom. The van der Waals surface area contributed by atoms with E-state index in [-0.39, 0.29) is 5.91 Å². The maximum absolute atomic E-state index is 12.7. The summed E-state index contributed by atoms with van der Waals surface area (Å²) in [4.78, 5) is 22.4. The molecule has 7 heteroatoms. The number of amides is 1. The average molecular weight is 412 g/mol. The number of imidazole rings is 1. The number of thioether (sulfide) groups is 1. The Morgan fingerprint density at radius 2 is 2.00 bits per heavy atom. The summed E-state index contributed by atoms with van der Waals surface area (Å²) >= 11 is 1.66. The van der Waals surface area contributed by atoms with Gasteiger partial charge in [0, 0.05) is 25.3 Å². The standard InChI is InChI=1S/C22H25N3O3S/c1-2-25(15-16-9-10-19-20(14-16)28-12-11-27-19)21(26)8-5-13-29-22-23-17-6-3-4-7-18(17)24-22/h3-4,6-7,9-10,14H,2,5,8,11-13,15H2,1H3,(H,23,24). The van der Waals surface area contributed by atoms with E-state index in [4.69, 9.17) is 9.47 Å². The molecular formula is C22H25N3O3S. The Hall–Kier alpha value is -2.67. The molecule has 1 N–H and O–H groups in total. The molecule has 0 fully saturated rings. The van der Waals surface area contributed by atoms with Gasteiger partial charge in [-0.05, 0) is 43.2 Å². The predicted molar refractivity (Wildman–Crippen MR) is 115 cm³/mol. The first-order chi connectivity index (χ1) is 14.2. The number of aromatic amines is 1. The lowest BCUT2D eigenvalue weighted by Crippen LogP contribution is -2.30. The molecule has 0 saturated carbocycles. The molecule has 29 heavy (non-hydrogen) atoms. The summed E-state index contributed by atoms with van der Waals surface area (Å²) < 4.78 is 11.2. The quantitative estimate of drug-likeness (QED) is 0.443. The first kappa shape index (κ1) is 19.6. The molecule has 6 nitrogen and oxygen atoms in total. The lowest BCUT2D eigenvalue weighted by atomic mass is 10.1. The van der Waals surface area contributed by atoms with Crippen LogP contribution in [0.5, 0.6) is 11.5 Å². The summed E-state index contributed by atoms with van der Waals surface area (Å²) in [6, 6.07) is 13.9. The van der Waals surface area contributed by atoms with Gasteiger partial charge in [0.15, 0.2) is 16.7 Å². The van der Waals surface area contributed by atoms with Crippen molar-refractivity contribution in [2.24, 2.45) is 0 Å². The normalized spacial score (nSPS) is 12.9. The molecule has 0 bridgehead atoms. The van der Waals surface area contributed by atoms with Crippen molar-refractivity contribution in [2.75, 3.05) is 25.5 Å². The van der Waals surface area contributed by atoms with E-state index in [9.17, 15) is 4.79 Å². The van der Waals surface area contributed by atoms with Crippen LogP contribution >= 0.6 is 11.8 Å². The van der Waals surface area contributed by atoms with Crippen molar-refractivity contribution >= 4 is 28.7 Å². The van der Waals surface area contributed by atoms with Gasteiger partial charge in [-0.25, -0.2) is 4.98 Å². The number of hydrogen-bond donors (Lipinski definition) is 1. The molecular weight excluding hydrogens is 386 g/mol. The van der Waals surface area contributed by atoms with E-state index in [1.165, 1.54) is 0 Å². The molecule has 1 amide bonds. The number of aromatic nitrogens is 2. The van der Waals surface area contributed by atoms with Crippen LogP contribution in [0.1, 0.15) is 25.3 Å². The van der Waals surface area contributed by atoms with Gasteiger partial charge in [0.05, 0.1) is 11.0 Å². The van der Waals surface area contributed by atoms with E-state index in [2.05, 4.69) is 9.97 Å². The number of hydrogen-bond acceptors (Lipinski definition) is 5. The number of ether oxygens (including phenoxy) is 2. The highest BCUT2D eigenvalue weighted by Crippen LogP contribution is 2.31. The van der Waals surface area contributed by atoms with Gasteiger partial charge in [-0.3, -0.25) is 4.79 Å². The summed E-state index contributed by atoms with van der Waals surface area (Å²) in [5.74, 6) is 2.57. The zero-order valence-corrected chi connectivity index (χ0v) is 17.3. The van der Waals surface area contributed by atoms with Crippen LogP contribution in [0, 0.1) is 0 Å². The van der Waals surface area contributed by atoms with Gasteiger partial charge >= 0.3 is 0 Å². The molecule has 1 aliphatic heterocycles. The molecule has 1 aromatic heterocycles. The zero-order chi connectivity index (χ0) is 20.1. The minimum Gasteiger partial charge on any atom is -0.486 e. The van der Waals surface area contributed by atoms with Gasteiger partial charge in [-0.2, -0.15) is 0 Å². The zero-order valence-electron chi connectivity index (χ0n) is 16.5. The fourth-order valence-electron chi connectivity index (χ4n) is 3.33. The lowest BCUT2D eigenvalue weighted by molar-refractivity contribution is -0.131. The molecule has 0 atom stereocenters. The van der Waals surface area contributed by atoms with Crippen molar-refractivity contribution in [3.05, 3.63) is 48.0 Å². The summed E-state index contributed by atoms with van der Waals surface area (Å²) in [6.07, 6.45) is 1.35. The van der Waals surface area contributed by atoms with Crippen molar-refractivity contribution in [1.82, 2.24) is 14.9 Å². The van der Waals surface area contributed by atoms with Gasteiger partial charge < -0.3 is 19.4 Å². The van der Waals surface area contributed by atoms with E-state index < -0.39 is 0 Å². The third-order valence-electron chi connectivity index (χ3n) is 4.86. The van der Waals surface area contributed by atoms with Crippen molar-refractivity contribution in [2.45, 2.75) is 31.5 Å². The molecule has 0 saturated heterocycles. The fourth-order valence-corrected chi connectivity index (χ4v) is 4.16. The highest BCUT2D eigenvalue weighted by atomic mass is 32.2. The first-order valence-electron chi connectivity index (χ1n) is 9.97. The number of carbonyl (C=O) groups is 1. The highest BCUT2D eigenvalue weighted by Gasteiger charge is 2.16. The van der Waals surface area contributed by atoms with Gasteiger partial charge in [-0.1, -0.05) is 30.0 Å². The summed E-state index contributed by atoms with van der Waals surface area (Å²) in [5, 5.41) is 0.905. The number of fused-ring (bicyclic) bond motifs is 2. The summed E-state index contributed by atoms with van der Waals surface area (Å²) in [6.45, 7) is 4.43. The number of nitrogens with one attached hydrogen (secondary N) is 1. The van der Waals surface area contributed by atoms with Crippen molar-refractivity contribution in [1.29, 1.82) is 0 Å². The van der Waals surface area contributed by atoms with Crippen LogP contribution in [0.25, 0.3) is 11.0 Å². The largest absolute Gasteiger partial charge is 0.486 e. The lowest BCUT2D eigenvalue weighted by Gasteiger charge is -2.23. The second-order valence-corrected chi connectivity index (χ2v) is 7.98. The molecule has 0 unspecified atom stereocenters. The molecule has 3 aromatic rings. The summed E-state index contributed by atoms with van der Waals surface area (Å²) in [5.41, 5.74) is 3.08. The maximum Gasteiger partial charge on any atom is 0.222 e. The van der Waals surface area contributed by atoms with E-state index in [1.807, 2.05) is 54.3 Å². The molecule has 152 valence electrons. The monoisotopic (exact) mass is 411 g/mol. The molecule has 4 rings (SSSR count). The molecule has 0 radical (unpaired) electrons. The predicted octanol–water partition coefficient (Wildman–Crippen LogP) is 4.26. The van der Waals surface area contributed by atoms with E-state index in [0.717, 1.165) is 45.4 Å². The third kappa shape index (κ3) is 4.85. The minimum absolute atomic E-state index is 0.174. The second kappa shape index (κ2) is 9.22. The first-order valence-corrected chi connectivity index (χ1v) is 11.0. The number of para-hydroxylation sites is 2. The SMILES string of the molecule is CCN(Cc1ccc2c(c1)OCCO2)C(=O)CCCSc1nc2ccccc2[nH]1. The minimum atomic E-state index is 0.174. The smallest absolute Gasteiger partial charge is 0.222 e. The molecule has 0 aliphatic carbocycles. The van der Waals surface area contributed by atoms with Gasteiger partial charge in [-0.15, -0.1) is 0 Å². The van der Waals surface area contributed by atoms with E-state index in [0.29, 0.717) is 32.7 Å². The van der Waals surface area contributed by atoms with Gasteiger partial charge in [0.2, 0.25) is 5.91 Å². The number of nitrogens with zero attached hydrogens (tertiary/aromatic N) is 2. The number of H-pyrrole nitrogens is 1. The van der Waals surface area contributed by atoms with Crippen molar-refractivity contribution in [3.63, 3.8) is 0 Å². The molecule has 0 spiro atoms. The van der Waals surface area contributed by atoms with Gasteiger partial charge in [0.1, 0.15) is 13.2 Å². The fraction of sp³-hybridized carbons (Fsp3) is 0.364. The van der Waals surface area contributed by atoms with E-state index >= 15 is 0 Å². The number of rotatable bonds is 8. The molecule has 1 aliphatic rings. The van der Waals surface area contributed by atoms with Crippen LogP contribution < -0.4 is 9.47 Å². The topological polar surface area (TPSA) is 67.5 Å².